The summed E-state index contributed by atoms with van der Waals surface area (Å²) >= 11 is 0. The Kier molecular flexibility index (Phi) is 3.24. The molecule has 0 aliphatic heterocycles. The maximum Gasteiger partial charge on any atom is 0.183 e. The van der Waals surface area contributed by atoms with Gasteiger partial charge < -0.3 is 5.84 Å². The van der Waals surface area contributed by atoms with Gasteiger partial charge in [-0.25, -0.2) is 8.42 Å². The number of benzene rings is 1. The fourth-order valence-corrected chi connectivity index (χ4v) is 2.39. The molecule has 0 aromatic heterocycles. The van der Waals surface area contributed by atoms with Crippen LogP contribution in [0, 0.1) is 0 Å². The van der Waals surface area contributed by atoms with Crippen molar-refractivity contribution >= 4 is 15.5 Å². The Bertz CT molecular complexity index is 423. The van der Waals surface area contributed by atoms with Crippen LogP contribution in [0.15, 0.2) is 40.3 Å². The second-order valence-corrected chi connectivity index (χ2v) is 4.93. The van der Waals surface area contributed by atoms with Gasteiger partial charge in [0.25, 0.3) is 0 Å². The van der Waals surface area contributed by atoms with Crippen LogP contribution in [0.5, 0.6) is 0 Å². The summed E-state index contributed by atoms with van der Waals surface area (Å²) in [4.78, 5) is 0.294. The zero-order chi connectivity index (χ0) is 10.6. The molecule has 0 saturated heterocycles. The van der Waals surface area contributed by atoms with Gasteiger partial charge in [-0.2, -0.15) is 5.10 Å². The Morgan fingerprint density at radius 2 is 1.93 bits per heavy atom. The quantitative estimate of drug-likeness (QED) is 0.457. The van der Waals surface area contributed by atoms with Gasteiger partial charge in [0.15, 0.2) is 9.84 Å². The second-order valence-electron chi connectivity index (χ2n) is 2.94. The Hall–Kier alpha value is -1.36. The van der Waals surface area contributed by atoms with E-state index in [1.165, 1.54) is 0 Å². The molecule has 0 bridgehead atoms. The van der Waals surface area contributed by atoms with Crippen LogP contribution >= 0.6 is 0 Å². The third kappa shape index (κ3) is 2.56. The summed E-state index contributed by atoms with van der Waals surface area (Å²) in [5.74, 6) is 4.85. The summed E-state index contributed by atoms with van der Waals surface area (Å²) in [6.45, 7) is 1.58. The molecular weight excluding hydrogens is 200 g/mol. The molecule has 0 spiro atoms. The van der Waals surface area contributed by atoms with Crippen LogP contribution in [0.25, 0.3) is 0 Å². The minimum absolute atomic E-state index is 0.131. The first-order valence-electron chi connectivity index (χ1n) is 4.07. The van der Waals surface area contributed by atoms with E-state index in [4.69, 9.17) is 5.84 Å². The normalized spacial score (nSPS) is 12.8. The Morgan fingerprint density at radius 3 is 2.43 bits per heavy atom. The van der Waals surface area contributed by atoms with Crippen LogP contribution in [0.2, 0.25) is 0 Å². The van der Waals surface area contributed by atoms with E-state index in [0.717, 1.165) is 0 Å². The van der Waals surface area contributed by atoms with Crippen molar-refractivity contribution < 1.29 is 8.42 Å². The maximum atomic E-state index is 11.7. The first kappa shape index (κ1) is 10.7. The molecule has 0 unspecified atom stereocenters. The van der Waals surface area contributed by atoms with E-state index >= 15 is 0 Å². The van der Waals surface area contributed by atoms with Gasteiger partial charge in [-0.05, 0) is 19.1 Å². The van der Waals surface area contributed by atoms with Gasteiger partial charge in [0.2, 0.25) is 0 Å². The predicted molar refractivity (Wildman–Crippen MR) is 55.8 cm³/mol. The predicted octanol–water partition coefficient (Wildman–Crippen LogP) is 0.795. The number of sulfone groups is 1. The van der Waals surface area contributed by atoms with Crippen molar-refractivity contribution in [1.29, 1.82) is 0 Å². The monoisotopic (exact) mass is 212 g/mol. The Morgan fingerprint density at radius 1 is 1.36 bits per heavy atom. The van der Waals surface area contributed by atoms with Crippen molar-refractivity contribution in [3.05, 3.63) is 30.3 Å². The lowest BCUT2D eigenvalue weighted by Gasteiger charge is -2.02. The molecule has 0 radical (unpaired) electrons. The summed E-state index contributed by atoms with van der Waals surface area (Å²) < 4.78 is 23.3. The van der Waals surface area contributed by atoms with Crippen molar-refractivity contribution in [3.8, 4) is 0 Å². The zero-order valence-corrected chi connectivity index (χ0v) is 8.66. The van der Waals surface area contributed by atoms with Gasteiger partial charge in [0, 0.05) is 5.71 Å². The highest BCUT2D eigenvalue weighted by molar-refractivity contribution is 7.92. The topological polar surface area (TPSA) is 72.5 Å². The summed E-state index contributed by atoms with van der Waals surface area (Å²) in [7, 11) is -3.28. The van der Waals surface area contributed by atoms with Gasteiger partial charge in [-0.1, -0.05) is 18.2 Å². The number of rotatable bonds is 3. The van der Waals surface area contributed by atoms with Gasteiger partial charge in [0.05, 0.1) is 10.6 Å². The van der Waals surface area contributed by atoms with Gasteiger partial charge in [-0.3, -0.25) is 0 Å². The van der Waals surface area contributed by atoms with Crippen LogP contribution < -0.4 is 5.84 Å². The van der Waals surface area contributed by atoms with E-state index in [0.29, 0.717) is 10.6 Å². The van der Waals surface area contributed by atoms with E-state index in [2.05, 4.69) is 5.10 Å². The number of hydrazone groups is 1. The van der Waals surface area contributed by atoms with Gasteiger partial charge >= 0.3 is 0 Å². The average Bonchev–Trinajstić information content (AvgIpc) is 2.18. The molecule has 0 amide bonds. The van der Waals surface area contributed by atoms with Crippen molar-refractivity contribution in [2.24, 2.45) is 10.9 Å². The molecule has 0 heterocycles. The van der Waals surface area contributed by atoms with E-state index in [9.17, 15) is 8.42 Å². The zero-order valence-electron chi connectivity index (χ0n) is 7.84. The highest BCUT2D eigenvalue weighted by Crippen LogP contribution is 2.09. The average molecular weight is 212 g/mol. The number of nitrogens with two attached hydrogens (primary N) is 1. The van der Waals surface area contributed by atoms with Crippen LogP contribution in [0.3, 0.4) is 0 Å². The van der Waals surface area contributed by atoms with Gasteiger partial charge in [-0.15, -0.1) is 0 Å². The van der Waals surface area contributed by atoms with Crippen molar-refractivity contribution in [1.82, 2.24) is 0 Å². The maximum absolute atomic E-state index is 11.7. The number of hydrogen-bond acceptors (Lipinski definition) is 4. The van der Waals surface area contributed by atoms with E-state index < -0.39 is 9.84 Å². The largest absolute Gasteiger partial charge is 0.323 e. The lowest BCUT2D eigenvalue weighted by atomic mass is 10.4. The van der Waals surface area contributed by atoms with Crippen molar-refractivity contribution in [2.45, 2.75) is 11.8 Å². The fourth-order valence-electron chi connectivity index (χ4n) is 1.02. The third-order valence-corrected chi connectivity index (χ3v) is 3.51. The minimum Gasteiger partial charge on any atom is -0.323 e. The summed E-state index contributed by atoms with van der Waals surface area (Å²) in [5.41, 5.74) is 0.397. The Balaban J connectivity index is 2.99. The summed E-state index contributed by atoms with van der Waals surface area (Å²) in [6, 6.07) is 8.24. The second kappa shape index (κ2) is 4.23. The van der Waals surface area contributed by atoms with E-state index in [1.807, 2.05) is 0 Å². The van der Waals surface area contributed by atoms with E-state index in [-0.39, 0.29) is 5.75 Å². The molecular formula is C9H12N2O2S. The molecule has 0 fully saturated rings. The molecule has 4 nitrogen and oxygen atoms in total. The van der Waals surface area contributed by atoms with Gasteiger partial charge in [0.1, 0.15) is 0 Å². The lowest BCUT2D eigenvalue weighted by Crippen LogP contribution is -2.14. The molecule has 14 heavy (non-hydrogen) atoms. The minimum atomic E-state index is -3.28. The highest BCUT2D eigenvalue weighted by Gasteiger charge is 2.14. The Labute approximate surface area is 83.4 Å². The molecule has 1 aromatic rings. The molecule has 1 rings (SSSR count). The first-order chi connectivity index (χ1) is 6.56. The fraction of sp³-hybridized carbons (Fsp3) is 0.222. The molecule has 76 valence electrons. The molecule has 2 N–H and O–H groups in total. The van der Waals surface area contributed by atoms with Crippen LogP contribution in [-0.4, -0.2) is 19.9 Å². The third-order valence-electron chi connectivity index (χ3n) is 1.72. The van der Waals surface area contributed by atoms with Crippen molar-refractivity contribution in [2.75, 3.05) is 5.75 Å². The van der Waals surface area contributed by atoms with Crippen LogP contribution in [0.4, 0.5) is 0 Å². The highest BCUT2D eigenvalue weighted by atomic mass is 32.2. The lowest BCUT2D eigenvalue weighted by molar-refractivity contribution is 0.600. The van der Waals surface area contributed by atoms with Crippen LogP contribution in [-0.2, 0) is 9.84 Å². The first-order valence-corrected chi connectivity index (χ1v) is 5.72. The number of nitrogens with zero attached hydrogens (tertiary/aromatic N) is 1. The summed E-state index contributed by atoms with van der Waals surface area (Å²) in [6.07, 6.45) is 0. The SMILES string of the molecule is C/C(CS(=O)(=O)c1ccccc1)=N\N. The smallest absolute Gasteiger partial charge is 0.183 e. The van der Waals surface area contributed by atoms with Crippen molar-refractivity contribution in [3.63, 3.8) is 0 Å². The standard InChI is InChI=1S/C9H12N2O2S/c1-8(11-10)7-14(12,13)9-5-3-2-4-6-9/h2-6H,7,10H2,1H3/b11-8+. The molecule has 5 heteroatoms. The molecule has 0 saturated carbocycles. The summed E-state index contributed by atoms with van der Waals surface area (Å²) in [5, 5.41) is 3.34. The van der Waals surface area contributed by atoms with E-state index in [1.54, 1.807) is 37.3 Å². The van der Waals surface area contributed by atoms with Crippen LogP contribution in [0.1, 0.15) is 6.92 Å². The molecule has 0 atom stereocenters. The number of hydrogen-bond donors (Lipinski definition) is 1. The molecule has 0 aliphatic rings. The molecule has 1 aromatic carbocycles. The molecule has 0 aliphatic carbocycles.